The number of rotatable bonds is 3. The summed E-state index contributed by atoms with van der Waals surface area (Å²) in [4.78, 5) is 16.3. The van der Waals surface area contributed by atoms with Crippen LogP contribution in [0.1, 0.15) is 43.1 Å². The number of nitrogens with zero attached hydrogens (tertiary/aromatic N) is 2. The zero-order chi connectivity index (χ0) is 12.7. The molecule has 0 radical (unpaired) electrons. The van der Waals surface area contributed by atoms with Gasteiger partial charge in [0.2, 0.25) is 0 Å². The molecule has 0 spiro atoms. The van der Waals surface area contributed by atoms with Crippen molar-refractivity contribution in [3.8, 4) is 0 Å². The largest absolute Gasteiger partial charge is 0.349 e. The normalized spacial score (nSPS) is 15.3. The van der Waals surface area contributed by atoms with Crippen LogP contribution in [-0.2, 0) is 0 Å². The SMILES string of the molecule is CC(C)n1cnc2cc(C(=O)NC3CC3)ccc21. The predicted octanol–water partition coefficient (Wildman–Crippen LogP) is 2.51. The molecular formula is C14H17N3O. The van der Waals surface area contributed by atoms with Crippen LogP contribution in [0, 0.1) is 0 Å². The third-order valence-corrected chi connectivity index (χ3v) is 3.31. The van der Waals surface area contributed by atoms with Crippen LogP contribution in [0.4, 0.5) is 0 Å². The Morgan fingerprint density at radius 3 is 2.89 bits per heavy atom. The molecule has 4 heteroatoms. The third-order valence-electron chi connectivity index (χ3n) is 3.31. The lowest BCUT2D eigenvalue weighted by Gasteiger charge is -2.08. The lowest BCUT2D eigenvalue weighted by Crippen LogP contribution is -2.25. The van der Waals surface area contributed by atoms with E-state index in [1.54, 1.807) is 0 Å². The van der Waals surface area contributed by atoms with Crippen molar-refractivity contribution in [3.05, 3.63) is 30.1 Å². The average Bonchev–Trinajstić information content (AvgIpc) is 3.05. The lowest BCUT2D eigenvalue weighted by molar-refractivity contribution is 0.0951. The van der Waals surface area contributed by atoms with Gasteiger partial charge in [-0.15, -0.1) is 0 Å². The van der Waals surface area contributed by atoms with E-state index in [0.717, 1.165) is 23.9 Å². The van der Waals surface area contributed by atoms with Gasteiger partial charge in [0.15, 0.2) is 0 Å². The summed E-state index contributed by atoms with van der Waals surface area (Å²) in [5.74, 6) is 0.0125. The summed E-state index contributed by atoms with van der Waals surface area (Å²) >= 11 is 0. The number of carbonyl (C=O) groups is 1. The first-order valence-electron chi connectivity index (χ1n) is 6.42. The van der Waals surface area contributed by atoms with Crippen molar-refractivity contribution in [1.29, 1.82) is 0 Å². The monoisotopic (exact) mass is 243 g/mol. The van der Waals surface area contributed by atoms with E-state index in [-0.39, 0.29) is 5.91 Å². The molecule has 2 aromatic rings. The van der Waals surface area contributed by atoms with Gasteiger partial charge < -0.3 is 9.88 Å². The van der Waals surface area contributed by atoms with Crippen LogP contribution < -0.4 is 5.32 Å². The van der Waals surface area contributed by atoms with E-state index < -0.39 is 0 Å². The maximum atomic E-state index is 11.9. The van der Waals surface area contributed by atoms with Crippen molar-refractivity contribution in [1.82, 2.24) is 14.9 Å². The molecule has 1 heterocycles. The van der Waals surface area contributed by atoms with Crippen LogP contribution in [-0.4, -0.2) is 21.5 Å². The van der Waals surface area contributed by atoms with Crippen LogP contribution in [0.25, 0.3) is 11.0 Å². The number of carbonyl (C=O) groups excluding carboxylic acids is 1. The maximum absolute atomic E-state index is 11.9. The summed E-state index contributed by atoms with van der Waals surface area (Å²) in [6.07, 6.45) is 4.05. The molecule has 1 fully saturated rings. The minimum absolute atomic E-state index is 0.0125. The Morgan fingerprint density at radius 1 is 1.44 bits per heavy atom. The molecule has 0 saturated heterocycles. The van der Waals surface area contributed by atoms with Gasteiger partial charge in [-0.1, -0.05) is 0 Å². The zero-order valence-corrected chi connectivity index (χ0v) is 10.7. The first kappa shape index (κ1) is 11.3. The molecule has 1 aliphatic carbocycles. The second-order valence-electron chi connectivity index (χ2n) is 5.20. The molecule has 1 saturated carbocycles. The Hall–Kier alpha value is -1.84. The molecule has 1 aromatic carbocycles. The van der Waals surface area contributed by atoms with E-state index in [1.165, 1.54) is 0 Å². The predicted molar refractivity (Wildman–Crippen MR) is 70.6 cm³/mol. The summed E-state index contributed by atoms with van der Waals surface area (Å²) < 4.78 is 2.11. The van der Waals surface area contributed by atoms with Crippen LogP contribution >= 0.6 is 0 Å². The molecular weight excluding hydrogens is 226 g/mol. The number of hydrogen-bond donors (Lipinski definition) is 1. The van der Waals surface area contributed by atoms with Crippen LogP contribution in [0.15, 0.2) is 24.5 Å². The second kappa shape index (κ2) is 4.12. The fourth-order valence-corrected chi connectivity index (χ4v) is 2.08. The summed E-state index contributed by atoms with van der Waals surface area (Å²) in [5.41, 5.74) is 2.66. The molecule has 3 rings (SSSR count). The van der Waals surface area contributed by atoms with Gasteiger partial charge in [-0.05, 0) is 44.9 Å². The number of imidazole rings is 1. The third kappa shape index (κ3) is 1.98. The van der Waals surface area contributed by atoms with Crippen molar-refractivity contribution in [3.63, 3.8) is 0 Å². The number of aromatic nitrogens is 2. The van der Waals surface area contributed by atoms with E-state index in [2.05, 4.69) is 28.7 Å². The van der Waals surface area contributed by atoms with Gasteiger partial charge in [-0.25, -0.2) is 4.98 Å². The van der Waals surface area contributed by atoms with Crippen LogP contribution in [0.2, 0.25) is 0 Å². The first-order chi connectivity index (χ1) is 8.65. The van der Waals surface area contributed by atoms with Crippen LogP contribution in [0.3, 0.4) is 0 Å². The van der Waals surface area contributed by atoms with Crippen molar-refractivity contribution >= 4 is 16.9 Å². The van der Waals surface area contributed by atoms with E-state index in [9.17, 15) is 4.79 Å². The smallest absolute Gasteiger partial charge is 0.251 e. The summed E-state index contributed by atoms with van der Waals surface area (Å²) in [6.45, 7) is 4.24. The van der Waals surface area contributed by atoms with E-state index in [4.69, 9.17) is 0 Å². The zero-order valence-electron chi connectivity index (χ0n) is 10.7. The Morgan fingerprint density at radius 2 is 2.22 bits per heavy atom. The highest BCUT2D eigenvalue weighted by Gasteiger charge is 2.23. The van der Waals surface area contributed by atoms with Gasteiger partial charge in [0.1, 0.15) is 0 Å². The van der Waals surface area contributed by atoms with E-state index in [0.29, 0.717) is 17.6 Å². The Labute approximate surface area is 106 Å². The van der Waals surface area contributed by atoms with E-state index in [1.807, 2.05) is 24.5 Å². The van der Waals surface area contributed by atoms with Crippen molar-refractivity contribution < 1.29 is 4.79 Å². The van der Waals surface area contributed by atoms with Gasteiger partial charge >= 0.3 is 0 Å². The second-order valence-corrected chi connectivity index (χ2v) is 5.20. The summed E-state index contributed by atoms with van der Waals surface area (Å²) in [7, 11) is 0. The number of amides is 1. The Kier molecular flexibility index (Phi) is 2.58. The number of benzene rings is 1. The highest BCUT2D eigenvalue weighted by Crippen LogP contribution is 2.21. The molecule has 4 nitrogen and oxygen atoms in total. The minimum Gasteiger partial charge on any atom is -0.349 e. The molecule has 0 unspecified atom stereocenters. The standard InChI is InChI=1S/C14H17N3O/c1-9(2)17-8-15-12-7-10(3-6-13(12)17)14(18)16-11-4-5-11/h3,6-9,11H,4-5H2,1-2H3,(H,16,18). The van der Waals surface area contributed by atoms with Gasteiger partial charge in [0.25, 0.3) is 5.91 Å². The molecule has 0 aliphatic heterocycles. The first-order valence-corrected chi connectivity index (χ1v) is 6.42. The van der Waals surface area contributed by atoms with Gasteiger partial charge in [-0.2, -0.15) is 0 Å². The average molecular weight is 243 g/mol. The number of fused-ring (bicyclic) bond motifs is 1. The number of nitrogens with one attached hydrogen (secondary N) is 1. The molecule has 1 aliphatic rings. The highest BCUT2D eigenvalue weighted by molar-refractivity contribution is 5.97. The molecule has 94 valence electrons. The summed E-state index contributed by atoms with van der Waals surface area (Å²) in [6, 6.07) is 6.49. The molecule has 18 heavy (non-hydrogen) atoms. The van der Waals surface area contributed by atoms with Gasteiger partial charge in [0, 0.05) is 17.6 Å². The van der Waals surface area contributed by atoms with Crippen molar-refractivity contribution in [2.24, 2.45) is 0 Å². The molecule has 0 atom stereocenters. The fourth-order valence-electron chi connectivity index (χ4n) is 2.08. The quantitative estimate of drug-likeness (QED) is 0.900. The topological polar surface area (TPSA) is 46.9 Å². The number of hydrogen-bond acceptors (Lipinski definition) is 2. The van der Waals surface area contributed by atoms with Crippen molar-refractivity contribution in [2.75, 3.05) is 0 Å². The molecule has 1 amide bonds. The van der Waals surface area contributed by atoms with Crippen molar-refractivity contribution in [2.45, 2.75) is 38.8 Å². The highest BCUT2D eigenvalue weighted by atomic mass is 16.1. The lowest BCUT2D eigenvalue weighted by atomic mass is 10.2. The Bertz CT molecular complexity index is 596. The Balaban J connectivity index is 1.93. The minimum atomic E-state index is 0.0125. The van der Waals surface area contributed by atoms with Gasteiger partial charge in [-0.3, -0.25) is 4.79 Å². The van der Waals surface area contributed by atoms with Crippen LogP contribution in [0.5, 0.6) is 0 Å². The fraction of sp³-hybridized carbons (Fsp3) is 0.429. The molecule has 1 N–H and O–H groups in total. The molecule has 0 bridgehead atoms. The summed E-state index contributed by atoms with van der Waals surface area (Å²) in [5, 5.41) is 2.99. The van der Waals surface area contributed by atoms with Gasteiger partial charge in [0.05, 0.1) is 17.4 Å². The maximum Gasteiger partial charge on any atom is 0.251 e. The van der Waals surface area contributed by atoms with E-state index >= 15 is 0 Å². The molecule has 1 aromatic heterocycles.